The molecule has 0 radical (unpaired) electrons. The van der Waals surface area contributed by atoms with E-state index < -0.39 is 11.9 Å². The third kappa shape index (κ3) is 6.07. The van der Waals surface area contributed by atoms with Crippen LogP contribution in [-0.4, -0.2) is 31.8 Å². The maximum absolute atomic E-state index is 12.4. The van der Waals surface area contributed by atoms with E-state index in [-0.39, 0.29) is 17.7 Å². The van der Waals surface area contributed by atoms with E-state index in [9.17, 15) is 9.59 Å². The Balaban J connectivity index is 3.04. The number of hydrogen-bond donors (Lipinski definition) is 0. The summed E-state index contributed by atoms with van der Waals surface area (Å²) in [6.45, 7) is 8.44. The SMILES string of the molecule is C=CCOc1cccc(C(=O)OCCCC)c1C(=O)OCCCC. The summed E-state index contributed by atoms with van der Waals surface area (Å²) < 4.78 is 16.0. The first kappa shape index (κ1) is 19.7. The first-order chi connectivity index (χ1) is 11.7. The second-order valence-electron chi connectivity index (χ2n) is 5.26. The van der Waals surface area contributed by atoms with Gasteiger partial charge in [-0.05, 0) is 25.0 Å². The lowest BCUT2D eigenvalue weighted by Gasteiger charge is -2.14. The predicted molar refractivity (Wildman–Crippen MR) is 92.5 cm³/mol. The van der Waals surface area contributed by atoms with Crippen LogP contribution in [0.3, 0.4) is 0 Å². The van der Waals surface area contributed by atoms with Gasteiger partial charge in [-0.15, -0.1) is 0 Å². The molecule has 1 rings (SSSR count). The molecule has 5 heteroatoms. The molecule has 0 aliphatic heterocycles. The van der Waals surface area contributed by atoms with Crippen molar-refractivity contribution in [3.8, 4) is 5.75 Å². The summed E-state index contributed by atoms with van der Waals surface area (Å²) in [5, 5.41) is 0. The van der Waals surface area contributed by atoms with Gasteiger partial charge >= 0.3 is 11.9 Å². The van der Waals surface area contributed by atoms with Gasteiger partial charge in [0, 0.05) is 0 Å². The third-order valence-electron chi connectivity index (χ3n) is 3.27. The van der Waals surface area contributed by atoms with Crippen molar-refractivity contribution in [3.63, 3.8) is 0 Å². The van der Waals surface area contributed by atoms with E-state index in [1.165, 1.54) is 0 Å². The van der Waals surface area contributed by atoms with Gasteiger partial charge in [0.1, 0.15) is 17.9 Å². The van der Waals surface area contributed by atoms with E-state index in [1.807, 2.05) is 13.8 Å². The number of esters is 2. The van der Waals surface area contributed by atoms with Crippen molar-refractivity contribution >= 4 is 11.9 Å². The lowest BCUT2D eigenvalue weighted by Crippen LogP contribution is -2.16. The van der Waals surface area contributed by atoms with Crippen LogP contribution >= 0.6 is 0 Å². The number of unbranched alkanes of at least 4 members (excludes halogenated alkanes) is 2. The highest BCUT2D eigenvalue weighted by atomic mass is 16.5. The number of hydrogen-bond acceptors (Lipinski definition) is 5. The summed E-state index contributed by atoms with van der Waals surface area (Å²) in [6, 6.07) is 4.83. The molecule has 0 aliphatic rings. The monoisotopic (exact) mass is 334 g/mol. The molecule has 24 heavy (non-hydrogen) atoms. The molecule has 5 nitrogen and oxygen atoms in total. The predicted octanol–water partition coefficient (Wildman–Crippen LogP) is 4.17. The van der Waals surface area contributed by atoms with Gasteiger partial charge in [-0.1, -0.05) is 45.4 Å². The van der Waals surface area contributed by atoms with Crippen molar-refractivity contribution in [2.45, 2.75) is 39.5 Å². The third-order valence-corrected chi connectivity index (χ3v) is 3.27. The number of benzene rings is 1. The summed E-state index contributed by atoms with van der Waals surface area (Å²) >= 11 is 0. The molecule has 0 aromatic heterocycles. The zero-order valence-electron chi connectivity index (χ0n) is 14.5. The highest BCUT2D eigenvalue weighted by molar-refractivity contribution is 6.05. The Labute approximate surface area is 143 Å². The van der Waals surface area contributed by atoms with Crippen molar-refractivity contribution in [3.05, 3.63) is 42.0 Å². The second kappa shape index (κ2) is 11.3. The van der Waals surface area contributed by atoms with E-state index in [2.05, 4.69) is 6.58 Å². The Kier molecular flexibility index (Phi) is 9.27. The number of carbonyl (C=O) groups excluding carboxylic acids is 2. The Bertz CT molecular complexity index is 551. The van der Waals surface area contributed by atoms with Crippen LogP contribution in [0.2, 0.25) is 0 Å². The zero-order chi connectivity index (χ0) is 17.8. The molecule has 0 aliphatic carbocycles. The van der Waals surface area contributed by atoms with Gasteiger partial charge in [-0.2, -0.15) is 0 Å². The van der Waals surface area contributed by atoms with Crippen LogP contribution in [0.4, 0.5) is 0 Å². The van der Waals surface area contributed by atoms with E-state index in [0.29, 0.717) is 19.0 Å². The largest absolute Gasteiger partial charge is 0.489 e. The van der Waals surface area contributed by atoms with Gasteiger partial charge in [0.2, 0.25) is 0 Å². The minimum Gasteiger partial charge on any atom is -0.489 e. The van der Waals surface area contributed by atoms with E-state index >= 15 is 0 Å². The van der Waals surface area contributed by atoms with E-state index in [4.69, 9.17) is 14.2 Å². The van der Waals surface area contributed by atoms with Crippen molar-refractivity contribution in [1.29, 1.82) is 0 Å². The number of rotatable bonds is 11. The molecule has 132 valence electrons. The molecule has 0 spiro atoms. The molecule has 0 bridgehead atoms. The molecule has 0 heterocycles. The highest BCUT2D eigenvalue weighted by Gasteiger charge is 2.24. The summed E-state index contributed by atoms with van der Waals surface area (Å²) in [5.74, 6) is -0.832. The average Bonchev–Trinajstić information content (AvgIpc) is 2.59. The van der Waals surface area contributed by atoms with Gasteiger partial charge in [0.15, 0.2) is 0 Å². The lowest BCUT2D eigenvalue weighted by molar-refractivity contribution is 0.0448. The van der Waals surface area contributed by atoms with Gasteiger partial charge in [-0.3, -0.25) is 0 Å². The average molecular weight is 334 g/mol. The van der Waals surface area contributed by atoms with Crippen molar-refractivity contribution in [1.82, 2.24) is 0 Å². The number of ether oxygens (including phenoxy) is 3. The van der Waals surface area contributed by atoms with Crippen LogP contribution in [0.25, 0.3) is 0 Å². The highest BCUT2D eigenvalue weighted by Crippen LogP contribution is 2.25. The quantitative estimate of drug-likeness (QED) is 0.345. The number of carbonyl (C=O) groups is 2. The standard InChI is InChI=1S/C19H26O5/c1-4-7-13-23-18(20)15-10-9-11-16(22-12-6-3)17(15)19(21)24-14-8-5-2/h6,9-11H,3-5,7-8,12-14H2,1-2H3. The van der Waals surface area contributed by atoms with Crippen molar-refractivity contribution in [2.75, 3.05) is 19.8 Å². The first-order valence-electron chi connectivity index (χ1n) is 8.36. The Morgan fingerprint density at radius 2 is 1.67 bits per heavy atom. The van der Waals surface area contributed by atoms with Gasteiger partial charge in [0.25, 0.3) is 0 Å². The summed E-state index contributed by atoms with van der Waals surface area (Å²) in [7, 11) is 0. The topological polar surface area (TPSA) is 61.8 Å². The fraction of sp³-hybridized carbons (Fsp3) is 0.474. The molecule has 0 unspecified atom stereocenters. The van der Waals surface area contributed by atoms with Crippen LogP contribution in [0.5, 0.6) is 5.75 Å². The molecule has 1 aromatic carbocycles. The first-order valence-corrected chi connectivity index (χ1v) is 8.36. The van der Waals surface area contributed by atoms with Crippen molar-refractivity contribution in [2.24, 2.45) is 0 Å². The molecule has 1 aromatic rings. The van der Waals surface area contributed by atoms with Crippen molar-refractivity contribution < 1.29 is 23.8 Å². The molecular formula is C19H26O5. The summed E-state index contributed by atoms with van der Waals surface area (Å²) in [4.78, 5) is 24.7. The zero-order valence-corrected chi connectivity index (χ0v) is 14.5. The van der Waals surface area contributed by atoms with E-state index in [1.54, 1.807) is 24.3 Å². The summed E-state index contributed by atoms with van der Waals surface area (Å²) in [6.07, 6.45) is 4.93. The maximum Gasteiger partial charge on any atom is 0.342 e. The van der Waals surface area contributed by atoms with Gasteiger partial charge in [-0.25, -0.2) is 9.59 Å². The fourth-order valence-corrected chi connectivity index (χ4v) is 1.95. The molecular weight excluding hydrogens is 308 g/mol. The minimum atomic E-state index is -0.578. The van der Waals surface area contributed by atoms with Crippen LogP contribution in [0.1, 0.15) is 60.2 Å². The molecule has 0 N–H and O–H groups in total. The minimum absolute atomic E-state index is 0.108. The van der Waals surface area contributed by atoms with Gasteiger partial charge < -0.3 is 14.2 Å². The second-order valence-corrected chi connectivity index (χ2v) is 5.26. The Morgan fingerprint density at radius 3 is 2.25 bits per heavy atom. The van der Waals surface area contributed by atoms with Crippen LogP contribution in [0.15, 0.2) is 30.9 Å². The smallest absolute Gasteiger partial charge is 0.342 e. The fourth-order valence-electron chi connectivity index (χ4n) is 1.95. The lowest BCUT2D eigenvalue weighted by atomic mass is 10.1. The molecule has 0 fully saturated rings. The molecule has 0 atom stereocenters. The Hall–Kier alpha value is -2.30. The maximum atomic E-state index is 12.4. The van der Waals surface area contributed by atoms with E-state index in [0.717, 1.165) is 25.7 Å². The van der Waals surface area contributed by atoms with Gasteiger partial charge in [0.05, 0.1) is 18.8 Å². The van der Waals surface area contributed by atoms with Crippen LogP contribution in [-0.2, 0) is 9.47 Å². The molecule has 0 saturated carbocycles. The Morgan fingerprint density at radius 1 is 1.04 bits per heavy atom. The normalized spacial score (nSPS) is 10.1. The summed E-state index contributed by atoms with van der Waals surface area (Å²) in [5.41, 5.74) is 0.270. The molecule has 0 amide bonds. The molecule has 0 saturated heterocycles. The van der Waals surface area contributed by atoms with Crippen LogP contribution in [0, 0.1) is 0 Å². The van der Waals surface area contributed by atoms with Crippen LogP contribution < -0.4 is 4.74 Å².